The second-order valence-corrected chi connectivity index (χ2v) is 9.50. The predicted octanol–water partition coefficient (Wildman–Crippen LogP) is 2.72. The number of aldehydes is 1. The lowest BCUT2D eigenvalue weighted by atomic mass is 9.76. The minimum Gasteiger partial charge on any atom is -0.343 e. The van der Waals surface area contributed by atoms with Crippen LogP contribution in [0.2, 0.25) is 0 Å². The normalized spacial score (nSPS) is 15.1. The molecule has 1 aromatic carbocycles. The van der Waals surface area contributed by atoms with E-state index in [1.165, 1.54) is 4.90 Å². The number of amides is 2. The van der Waals surface area contributed by atoms with Crippen LogP contribution in [-0.4, -0.2) is 67.2 Å². The lowest BCUT2D eigenvalue weighted by Gasteiger charge is -2.39. The Hall–Kier alpha value is -2.21. The molecule has 0 fully saturated rings. The van der Waals surface area contributed by atoms with Crippen molar-refractivity contribution >= 4 is 18.1 Å². The van der Waals surface area contributed by atoms with Crippen molar-refractivity contribution in [3.63, 3.8) is 0 Å². The fourth-order valence-electron chi connectivity index (χ4n) is 4.04. The Balaban J connectivity index is 3.18. The van der Waals surface area contributed by atoms with E-state index >= 15 is 0 Å². The standard InChI is InChI=1S/C24H39N3O3/c1-16(2)19(15-28)27(9)23(30)20(17(3)4)25-22(29)21(26(7)8)24(5,6)18-13-11-10-12-14-18/h10-17,19-21H,1-9H3,(H,25,29). The molecule has 3 unspecified atom stereocenters. The second kappa shape index (κ2) is 10.7. The number of hydrogen-bond acceptors (Lipinski definition) is 4. The molecule has 168 valence electrons. The number of likely N-dealkylation sites (N-methyl/N-ethyl adjacent to an activating group) is 2. The predicted molar refractivity (Wildman–Crippen MR) is 121 cm³/mol. The van der Waals surface area contributed by atoms with Crippen molar-refractivity contribution in [1.82, 2.24) is 15.1 Å². The molecule has 1 aromatic rings. The summed E-state index contributed by atoms with van der Waals surface area (Å²) >= 11 is 0. The third-order valence-electron chi connectivity index (χ3n) is 5.81. The van der Waals surface area contributed by atoms with Crippen LogP contribution in [0.1, 0.15) is 47.1 Å². The average Bonchev–Trinajstić information content (AvgIpc) is 2.65. The van der Waals surface area contributed by atoms with E-state index in [1.54, 1.807) is 7.05 Å². The maximum absolute atomic E-state index is 13.4. The molecule has 0 heterocycles. The number of carbonyl (C=O) groups is 3. The first-order valence-electron chi connectivity index (χ1n) is 10.6. The van der Waals surface area contributed by atoms with E-state index in [2.05, 4.69) is 5.32 Å². The minimum atomic E-state index is -0.710. The van der Waals surface area contributed by atoms with Gasteiger partial charge in [0.25, 0.3) is 0 Å². The number of benzene rings is 1. The van der Waals surface area contributed by atoms with Gasteiger partial charge in [0.05, 0.1) is 12.1 Å². The number of carbonyl (C=O) groups excluding carboxylic acids is 3. The number of rotatable bonds is 10. The van der Waals surface area contributed by atoms with Crippen LogP contribution in [0.25, 0.3) is 0 Å². The molecule has 0 bridgehead atoms. The first kappa shape index (κ1) is 25.8. The summed E-state index contributed by atoms with van der Waals surface area (Å²) in [5.41, 5.74) is 0.568. The monoisotopic (exact) mass is 417 g/mol. The number of nitrogens with one attached hydrogen (secondary N) is 1. The van der Waals surface area contributed by atoms with Crippen LogP contribution in [0.4, 0.5) is 0 Å². The Morgan fingerprint density at radius 1 is 0.967 bits per heavy atom. The molecule has 6 heteroatoms. The summed E-state index contributed by atoms with van der Waals surface area (Å²) in [6.45, 7) is 11.7. The van der Waals surface area contributed by atoms with Gasteiger partial charge in [-0.15, -0.1) is 0 Å². The van der Waals surface area contributed by atoms with Crippen molar-refractivity contribution in [3.8, 4) is 0 Å². The van der Waals surface area contributed by atoms with Crippen LogP contribution in [0, 0.1) is 11.8 Å². The van der Waals surface area contributed by atoms with Gasteiger partial charge in [0.2, 0.25) is 11.8 Å². The summed E-state index contributed by atoms with van der Waals surface area (Å²) in [5, 5.41) is 2.98. The molecule has 0 spiro atoms. The van der Waals surface area contributed by atoms with E-state index in [1.807, 2.05) is 90.9 Å². The molecule has 0 aliphatic heterocycles. The van der Waals surface area contributed by atoms with E-state index in [9.17, 15) is 14.4 Å². The first-order chi connectivity index (χ1) is 13.9. The Kier molecular flexibility index (Phi) is 9.22. The lowest BCUT2D eigenvalue weighted by molar-refractivity contribution is -0.142. The van der Waals surface area contributed by atoms with Crippen LogP contribution >= 0.6 is 0 Å². The van der Waals surface area contributed by atoms with E-state index in [4.69, 9.17) is 0 Å². The van der Waals surface area contributed by atoms with Gasteiger partial charge in [-0.3, -0.25) is 14.5 Å². The van der Waals surface area contributed by atoms with Gasteiger partial charge in [-0.1, -0.05) is 71.9 Å². The van der Waals surface area contributed by atoms with Crippen LogP contribution in [-0.2, 0) is 19.8 Å². The highest BCUT2D eigenvalue weighted by Crippen LogP contribution is 2.30. The summed E-state index contributed by atoms with van der Waals surface area (Å²) in [6, 6.07) is 8.18. The van der Waals surface area contributed by atoms with Crippen LogP contribution in [0.3, 0.4) is 0 Å². The van der Waals surface area contributed by atoms with E-state index in [-0.39, 0.29) is 23.7 Å². The van der Waals surface area contributed by atoms with Gasteiger partial charge in [0.1, 0.15) is 12.3 Å². The zero-order valence-electron chi connectivity index (χ0n) is 20.0. The SMILES string of the molecule is CC(C)C(NC(=O)C(N(C)C)C(C)(C)c1ccccc1)C(=O)N(C)C(C=O)C(C)C. The fraction of sp³-hybridized carbons (Fsp3) is 0.625. The molecule has 0 aliphatic carbocycles. The molecule has 1 rings (SSSR count). The van der Waals surface area contributed by atoms with Gasteiger partial charge < -0.3 is 15.0 Å². The molecule has 6 nitrogen and oxygen atoms in total. The average molecular weight is 418 g/mol. The van der Waals surface area contributed by atoms with Gasteiger partial charge in [-0.05, 0) is 31.5 Å². The molecule has 0 aliphatic rings. The van der Waals surface area contributed by atoms with Crippen molar-refractivity contribution in [2.75, 3.05) is 21.1 Å². The van der Waals surface area contributed by atoms with Crippen LogP contribution < -0.4 is 5.32 Å². The summed E-state index contributed by atoms with van der Waals surface area (Å²) in [6.07, 6.45) is 0.795. The molecular weight excluding hydrogens is 378 g/mol. The van der Waals surface area contributed by atoms with Gasteiger partial charge >= 0.3 is 0 Å². The summed E-state index contributed by atoms with van der Waals surface area (Å²) < 4.78 is 0. The van der Waals surface area contributed by atoms with Crippen molar-refractivity contribution in [1.29, 1.82) is 0 Å². The van der Waals surface area contributed by atoms with Gasteiger partial charge in [0.15, 0.2) is 0 Å². The highest BCUT2D eigenvalue weighted by atomic mass is 16.2. The van der Waals surface area contributed by atoms with Crippen molar-refractivity contribution in [3.05, 3.63) is 35.9 Å². The molecule has 0 saturated heterocycles. The topological polar surface area (TPSA) is 69.7 Å². The maximum Gasteiger partial charge on any atom is 0.245 e. The third kappa shape index (κ3) is 5.91. The van der Waals surface area contributed by atoms with Gasteiger partial charge in [-0.25, -0.2) is 0 Å². The van der Waals surface area contributed by atoms with Gasteiger partial charge in [0, 0.05) is 12.5 Å². The largest absolute Gasteiger partial charge is 0.343 e. The highest BCUT2D eigenvalue weighted by Gasteiger charge is 2.40. The maximum atomic E-state index is 13.4. The molecule has 0 aromatic heterocycles. The van der Waals surface area contributed by atoms with E-state index < -0.39 is 23.5 Å². The highest BCUT2D eigenvalue weighted by molar-refractivity contribution is 5.91. The zero-order valence-corrected chi connectivity index (χ0v) is 20.0. The number of nitrogens with zero attached hydrogens (tertiary/aromatic N) is 2. The molecule has 0 saturated carbocycles. The molecule has 2 amide bonds. The van der Waals surface area contributed by atoms with Crippen molar-refractivity contribution < 1.29 is 14.4 Å². The molecule has 30 heavy (non-hydrogen) atoms. The quantitative estimate of drug-likeness (QED) is 0.594. The second-order valence-electron chi connectivity index (χ2n) is 9.50. The summed E-state index contributed by atoms with van der Waals surface area (Å²) in [5.74, 6) is -0.585. The Bertz CT molecular complexity index is 714. The third-order valence-corrected chi connectivity index (χ3v) is 5.81. The first-order valence-corrected chi connectivity index (χ1v) is 10.6. The van der Waals surface area contributed by atoms with E-state index in [0.29, 0.717) is 0 Å². The lowest BCUT2D eigenvalue weighted by Crippen LogP contribution is -2.60. The molecular formula is C24H39N3O3. The molecule has 0 radical (unpaired) electrons. The van der Waals surface area contributed by atoms with E-state index in [0.717, 1.165) is 11.8 Å². The Morgan fingerprint density at radius 2 is 1.50 bits per heavy atom. The van der Waals surface area contributed by atoms with Crippen LogP contribution in [0.15, 0.2) is 30.3 Å². The summed E-state index contributed by atoms with van der Waals surface area (Å²) in [7, 11) is 5.36. The molecule has 1 N–H and O–H groups in total. The fourth-order valence-corrected chi connectivity index (χ4v) is 4.04. The number of hydrogen-bond donors (Lipinski definition) is 1. The summed E-state index contributed by atoms with van der Waals surface area (Å²) in [4.78, 5) is 41.4. The van der Waals surface area contributed by atoms with Crippen molar-refractivity contribution in [2.24, 2.45) is 11.8 Å². The zero-order chi connectivity index (χ0) is 23.2. The van der Waals surface area contributed by atoms with Crippen LogP contribution in [0.5, 0.6) is 0 Å². The van der Waals surface area contributed by atoms with Crippen molar-refractivity contribution in [2.45, 2.75) is 65.1 Å². The van der Waals surface area contributed by atoms with Gasteiger partial charge in [-0.2, -0.15) is 0 Å². The molecule has 3 atom stereocenters. The Morgan fingerprint density at radius 3 is 1.90 bits per heavy atom. The smallest absolute Gasteiger partial charge is 0.245 e. The minimum absolute atomic E-state index is 0.00787. The Labute approximate surface area is 182 Å².